The number of hydrogen-bond acceptors (Lipinski definition) is 5. The number of nitrogens with one attached hydrogen (secondary N) is 1. The number of benzene rings is 1. The van der Waals surface area contributed by atoms with Crippen LogP contribution in [0, 0.1) is 13.8 Å². The molecule has 154 valence electrons. The van der Waals surface area contributed by atoms with E-state index in [1.165, 1.54) is 11.3 Å². The van der Waals surface area contributed by atoms with Crippen molar-refractivity contribution < 1.29 is 19.1 Å². The average Bonchev–Trinajstić information content (AvgIpc) is 3.37. The quantitative estimate of drug-likeness (QED) is 0.326. The number of Topliss-reactive ketones (excluding diaryl/α,β-unsaturated/α-hetero) is 1. The van der Waals surface area contributed by atoms with Crippen molar-refractivity contribution >= 4 is 34.7 Å². The van der Waals surface area contributed by atoms with Gasteiger partial charge < -0.3 is 14.6 Å². The van der Waals surface area contributed by atoms with Crippen LogP contribution in [0.25, 0.3) is 0 Å². The molecule has 0 unspecified atom stereocenters. The van der Waals surface area contributed by atoms with Gasteiger partial charge in [-0.25, -0.2) is 4.79 Å². The van der Waals surface area contributed by atoms with Crippen molar-refractivity contribution in [2.75, 3.05) is 11.9 Å². The van der Waals surface area contributed by atoms with Crippen LogP contribution in [-0.4, -0.2) is 28.8 Å². The number of anilines is 1. The van der Waals surface area contributed by atoms with Crippen LogP contribution >= 0.6 is 11.3 Å². The molecule has 1 amide bonds. The summed E-state index contributed by atoms with van der Waals surface area (Å²) in [6, 6.07) is 11.7. The first-order chi connectivity index (χ1) is 14.4. The summed E-state index contributed by atoms with van der Waals surface area (Å²) in [5.41, 5.74) is 3.17. The molecule has 7 heteroatoms. The van der Waals surface area contributed by atoms with E-state index in [-0.39, 0.29) is 18.3 Å². The molecule has 0 saturated carbocycles. The minimum absolute atomic E-state index is 0.208. The Bertz CT molecular complexity index is 1080. The molecule has 0 bridgehead atoms. The van der Waals surface area contributed by atoms with Crippen molar-refractivity contribution in [1.29, 1.82) is 0 Å². The van der Waals surface area contributed by atoms with E-state index in [0.717, 1.165) is 11.4 Å². The highest BCUT2D eigenvalue weighted by Crippen LogP contribution is 2.17. The molecule has 0 radical (unpaired) electrons. The number of aryl methyl sites for hydroxylation is 1. The number of rotatable bonds is 8. The first-order valence-corrected chi connectivity index (χ1v) is 10.2. The van der Waals surface area contributed by atoms with Gasteiger partial charge in [0.15, 0.2) is 6.61 Å². The first-order valence-electron chi connectivity index (χ1n) is 9.33. The van der Waals surface area contributed by atoms with Crippen LogP contribution in [0.3, 0.4) is 0 Å². The molecular weight excluding hydrogens is 400 g/mol. The smallest absolute Gasteiger partial charge is 0.338 e. The summed E-state index contributed by atoms with van der Waals surface area (Å²) in [7, 11) is 0. The Morgan fingerprint density at radius 2 is 1.90 bits per heavy atom. The lowest BCUT2D eigenvalue weighted by atomic mass is 10.1. The Hall–Kier alpha value is -3.45. The number of ether oxygens (including phenoxy) is 1. The van der Waals surface area contributed by atoms with Crippen molar-refractivity contribution in [1.82, 2.24) is 4.57 Å². The van der Waals surface area contributed by atoms with Crippen LogP contribution in [0.15, 0.2) is 60.5 Å². The van der Waals surface area contributed by atoms with E-state index >= 15 is 0 Å². The van der Waals surface area contributed by atoms with E-state index in [1.54, 1.807) is 48.5 Å². The van der Waals surface area contributed by atoms with Crippen LogP contribution in [0.4, 0.5) is 5.69 Å². The van der Waals surface area contributed by atoms with Gasteiger partial charge in [0, 0.05) is 29.2 Å². The highest BCUT2D eigenvalue weighted by Gasteiger charge is 2.17. The molecule has 0 aliphatic heterocycles. The minimum Gasteiger partial charge on any atom is -0.454 e. The van der Waals surface area contributed by atoms with Gasteiger partial charge in [0.25, 0.3) is 5.91 Å². The predicted molar refractivity (Wildman–Crippen MR) is 117 cm³/mol. The fourth-order valence-electron chi connectivity index (χ4n) is 3.08. The van der Waals surface area contributed by atoms with Crippen LogP contribution in [0.2, 0.25) is 0 Å². The van der Waals surface area contributed by atoms with E-state index in [0.29, 0.717) is 28.2 Å². The topological polar surface area (TPSA) is 77.4 Å². The van der Waals surface area contributed by atoms with Gasteiger partial charge in [-0.1, -0.05) is 12.1 Å². The van der Waals surface area contributed by atoms with Crippen molar-refractivity contribution in [3.05, 3.63) is 87.9 Å². The van der Waals surface area contributed by atoms with Crippen molar-refractivity contribution in [3.63, 3.8) is 0 Å². The van der Waals surface area contributed by atoms with E-state index in [9.17, 15) is 14.4 Å². The molecule has 3 rings (SSSR count). The number of aromatic nitrogens is 1. The number of hydrogen-bond donors (Lipinski definition) is 1. The van der Waals surface area contributed by atoms with Crippen molar-refractivity contribution in [2.45, 2.75) is 20.4 Å². The van der Waals surface area contributed by atoms with E-state index in [2.05, 4.69) is 11.9 Å². The molecule has 3 aromatic rings. The van der Waals surface area contributed by atoms with Crippen molar-refractivity contribution in [3.8, 4) is 0 Å². The Morgan fingerprint density at radius 3 is 2.53 bits per heavy atom. The molecule has 30 heavy (non-hydrogen) atoms. The zero-order valence-corrected chi connectivity index (χ0v) is 17.6. The van der Waals surface area contributed by atoms with Gasteiger partial charge in [-0.05, 0) is 55.6 Å². The third-order valence-electron chi connectivity index (χ3n) is 4.64. The molecule has 2 heterocycles. The monoisotopic (exact) mass is 422 g/mol. The van der Waals surface area contributed by atoms with Gasteiger partial charge in [-0.3, -0.25) is 9.59 Å². The largest absolute Gasteiger partial charge is 0.454 e. The number of allylic oxidation sites excluding steroid dienone is 1. The summed E-state index contributed by atoms with van der Waals surface area (Å²) in [5.74, 6) is -1.06. The summed E-state index contributed by atoms with van der Waals surface area (Å²) in [6.45, 7) is 7.77. The van der Waals surface area contributed by atoms with Gasteiger partial charge in [-0.15, -0.1) is 17.9 Å². The predicted octanol–water partition coefficient (Wildman–Crippen LogP) is 4.64. The number of amides is 1. The van der Waals surface area contributed by atoms with Gasteiger partial charge >= 0.3 is 5.97 Å². The third-order valence-corrected chi connectivity index (χ3v) is 5.51. The summed E-state index contributed by atoms with van der Waals surface area (Å²) in [5, 5.41) is 4.59. The maximum absolute atomic E-state index is 12.5. The maximum atomic E-state index is 12.5. The molecule has 0 spiro atoms. The van der Waals surface area contributed by atoms with Crippen LogP contribution in [0.5, 0.6) is 0 Å². The minimum atomic E-state index is -0.598. The number of carbonyl (C=O) groups is 3. The lowest BCUT2D eigenvalue weighted by Gasteiger charge is -2.08. The molecule has 6 nitrogen and oxygen atoms in total. The second-order valence-corrected chi connectivity index (χ2v) is 7.64. The van der Waals surface area contributed by atoms with Crippen LogP contribution in [0.1, 0.15) is 41.8 Å². The van der Waals surface area contributed by atoms with E-state index < -0.39 is 5.97 Å². The normalized spacial score (nSPS) is 10.5. The van der Waals surface area contributed by atoms with E-state index in [4.69, 9.17) is 4.74 Å². The molecule has 0 aliphatic rings. The van der Waals surface area contributed by atoms with E-state index in [1.807, 2.05) is 23.8 Å². The molecule has 0 aliphatic carbocycles. The zero-order chi connectivity index (χ0) is 21.7. The molecule has 1 N–H and O–H groups in total. The number of ketones is 1. The number of thiophene rings is 1. The lowest BCUT2D eigenvalue weighted by Crippen LogP contribution is -2.15. The van der Waals surface area contributed by atoms with Gasteiger partial charge in [-0.2, -0.15) is 0 Å². The number of nitrogens with zero attached hydrogens (tertiary/aromatic N) is 1. The Kier molecular flexibility index (Phi) is 6.64. The van der Waals surface area contributed by atoms with Crippen molar-refractivity contribution in [2.24, 2.45) is 0 Å². The molecule has 0 atom stereocenters. The Morgan fingerprint density at radius 1 is 1.17 bits per heavy atom. The number of esters is 1. The number of carbonyl (C=O) groups excluding carboxylic acids is 3. The fourth-order valence-corrected chi connectivity index (χ4v) is 3.69. The Labute approximate surface area is 178 Å². The molecular formula is C23H22N2O4S. The second kappa shape index (κ2) is 9.37. The molecule has 1 aromatic carbocycles. The standard InChI is InChI=1S/C23H22N2O4S/c1-4-11-25-15(2)13-19(16(25)3)20(26)14-29-23(28)17-7-9-18(10-8-17)24-22(27)21-6-5-12-30-21/h4-10,12-13H,1,11,14H2,2-3H3,(H,24,27). The summed E-state index contributed by atoms with van der Waals surface area (Å²) >= 11 is 1.35. The lowest BCUT2D eigenvalue weighted by molar-refractivity contribution is 0.0474. The fraction of sp³-hybridized carbons (Fsp3) is 0.174. The molecule has 0 saturated heterocycles. The van der Waals surface area contributed by atoms with Gasteiger partial charge in [0.1, 0.15) is 0 Å². The maximum Gasteiger partial charge on any atom is 0.338 e. The second-order valence-electron chi connectivity index (χ2n) is 6.69. The summed E-state index contributed by atoms with van der Waals surface area (Å²) in [4.78, 5) is 37.4. The third kappa shape index (κ3) is 4.75. The average molecular weight is 423 g/mol. The zero-order valence-electron chi connectivity index (χ0n) is 16.8. The van der Waals surface area contributed by atoms with Gasteiger partial charge in [0.2, 0.25) is 5.78 Å². The highest BCUT2D eigenvalue weighted by molar-refractivity contribution is 7.12. The summed E-state index contributed by atoms with van der Waals surface area (Å²) in [6.07, 6.45) is 1.76. The SMILES string of the molecule is C=CCn1c(C)cc(C(=O)COC(=O)c2ccc(NC(=O)c3cccs3)cc2)c1C. The highest BCUT2D eigenvalue weighted by atomic mass is 32.1. The summed E-state index contributed by atoms with van der Waals surface area (Å²) < 4.78 is 7.16. The van der Waals surface area contributed by atoms with Gasteiger partial charge in [0.05, 0.1) is 10.4 Å². The Balaban J connectivity index is 1.58. The molecule has 0 fully saturated rings. The molecule has 2 aromatic heterocycles. The first kappa shape index (κ1) is 21.3. The van der Waals surface area contributed by atoms with Crippen LogP contribution in [-0.2, 0) is 11.3 Å². The van der Waals surface area contributed by atoms with Crippen LogP contribution < -0.4 is 5.32 Å².